The van der Waals surface area contributed by atoms with Gasteiger partial charge in [-0.15, -0.1) is 0 Å². The van der Waals surface area contributed by atoms with Gasteiger partial charge in [0, 0.05) is 11.6 Å². The number of benzene rings is 1. The van der Waals surface area contributed by atoms with Gasteiger partial charge >= 0.3 is 0 Å². The second kappa shape index (κ2) is 6.26. The van der Waals surface area contributed by atoms with E-state index < -0.39 is 6.10 Å². The summed E-state index contributed by atoms with van der Waals surface area (Å²) in [6, 6.07) is 5.50. The Kier molecular flexibility index (Phi) is 5.20. The first-order valence-corrected chi connectivity index (χ1v) is 6.47. The summed E-state index contributed by atoms with van der Waals surface area (Å²) in [5.74, 6) is 1.37. The molecule has 0 bridgehead atoms. The molecule has 0 radical (unpaired) electrons. The van der Waals surface area contributed by atoms with Crippen molar-refractivity contribution in [2.24, 2.45) is 0 Å². The summed E-state index contributed by atoms with van der Waals surface area (Å²) < 4.78 is 10.5. The molecule has 4 nitrogen and oxygen atoms in total. The van der Waals surface area contributed by atoms with Crippen LogP contribution in [0.15, 0.2) is 18.2 Å². The minimum Gasteiger partial charge on any atom is -0.497 e. The quantitative estimate of drug-likeness (QED) is 0.859. The second-order valence-corrected chi connectivity index (χ2v) is 5.15. The summed E-state index contributed by atoms with van der Waals surface area (Å²) in [6.45, 7) is 4.12. The van der Waals surface area contributed by atoms with Crippen molar-refractivity contribution in [1.82, 2.24) is 4.90 Å². The standard InChI is InChI=1S/C15H25NO3/c1-7-15(2,16(3)4)14(17)11-8-12(18-5)10-13(9-11)19-6/h8-10,14,17H,7H2,1-6H3. The molecule has 0 saturated heterocycles. The lowest BCUT2D eigenvalue weighted by Gasteiger charge is -2.40. The van der Waals surface area contributed by atoms with Crippen molar-refractivity contribution >= 4 is 0 Å². The fourth-order valence-corrected chi connectivity index (χ4v) is 2.10. The predicted molar refractivity (Wildman–Crippen MR) is 76.9 cm³/mol. The second-order valence-electron chi connectivity index (χ2n) is 5.15. The largest absolute Gasteiger partial charge is 0.497 e. The number of methoxy groups -OCH3 is 2. The van der Waals surface area contributed by atoms with E-state index in [4.69, 9.17) is 9.47 Å². The van der Waals surface area contributed by atoms with Gasteiger partial charge in [-0.2, -0.15) is 0 Å². The van der Waals surface area contributed by atoms with Crippen molar-refractivity contribution in [2.75, 3.05) is 28.3 Å². The van der Waals surface area contributed by atoms with Crippen LogP contribution in [0.25, 0.3) is 0 Å². The van der Waals surface area contributed by atoms with E-state index >= 15 is 0 Å². The Morgan fingerprint density at radius 1 is 1.16 bits per heavy atom. The van der Waals surface area contributed by atoms with Crippen LogP contribution < -0.4 is 9.47 Å². The highest BCUT2D eigenvalue weighted by molar-refractivity contribution is 5.40. The molecule has 0 aliphatic carbocycles. The maximum absolute atomic E-state index is 10.7. The van der Waals surface area contributed by atoms with Crippen LogP contribution in [-0.2, 0) is 0 Å². The Morgan fingerprint density at radius 2 is 1.63 bits per heavy atom. The summed E-state index contributed by atoms with van der Waals surface area (Å²) in [4.78, 5) is 2.05. The number of nitrogens with zero attached hydrogens (tertiary/aromatic N) is 1. The average molecular weight is 267 g/mol. The first-order valence-electron chi connectivity index (χ1n) is 6.47. The molecular weight excluding hydrogens is 242 g/mol. The highest BCUT2D eigenvalue weighted by Crippen LogP contribution is 2.36. The zero-order chi connectivity index (χ0) is 14.6. The van der Waals surface area contributed by atoms with Gasteiger partial charge < -0.3 is 19.5 Å². The number of likely N-dealkylation sites (N-methyl/N-ethyl adjacent to an activating group) is 1. The van der Waals surface area contributed by atoms with Crippen LogP contribution >= 0.6 is 0 Å². The Morgan fingerprint density at radius 3 is 1.95 bits per heavy atom. The molecule has 108 valence electrons. The van der Waals surface area contributed by atoms with Crippen molar-refractivity contribution in [1.29, 1.82) is 0 Å². The Bertz CT molecular complexity index is 398. The molecule has 1 aromatic carbocycles. The molecule has 4 heteroatoms. The van der Waals surface area contributed by atoms with Crippen LogP contribution in [0.5, 0.6) is 11.5 Å². The van der Waals surface area contributed by atoms with E-state index in [0.717, 1.165) is 12.0 Å². The van der Waals surface area contributed by atoms with Crippen molar-refractivity contribution in [3.63, 3.8) is 0 Å². The number of hydrogen-bond donors (Lipinski definition) is 1. The number of hydrogen-bond acceptors (Lipinski definition) is 4. The van der Waals surface area contributed by atoms with E-state index in [1.165, 1.54) is 0 Å². The van der Waals surface area contributed by atoms with Gasteiger partial charge in [0.2, 0.25) is 0 Å². The monoisotopic (exact) mass is 267 g/mol. The minimum atomic E-state index is -0.614. The molecule has 1 rings (SSSR count). The summed E-state index contributed by atoms with van der Waals surface area (Å²) >= 11 is 0. The average Bonchev–Trinajstić information content (AvgIpc) is 2.44. The predicted octanol–water partition coefficient (Wildman–Crippen LogP) is 2.47. The van der Waals surface area contributed by atoms with Gasteiger partial charge in [-0.25, -0.2) is 0 Å². The fraction of sp³-hybridized carbons (Fsp3) is 0.600. The van der Waals surface area contributed by atoms with Gasteiger partial charge in [0.25, 0.3) is 0 Å². The van der Waals surface area contributed by atoms with E-state index in [1.807, 2.05) is 38.1 Å². The van der Waals surface area contributed by atoms with Crippen molar-refractivity contribution in [2.45, 2.75) is 31.9 Å². The molecular formula is C15H25NO3. The lowest BCUT2D eigenvalue weighted by molar-refractivity contribution is 0.000659. The van der Waals surface area contributed by atoms with E-state index in [1.54, 1.807) is 20.3 Å². The van der Waals surface area contributed by atoms with Crippen molar-refractivity contribution in [3.8, 4) is 11.5 Å². The summed E-state index contributed by atoms with van der Waals surface area (Å²) in [5, 5.41) is 10.7. The normalized spacial score (nSPS) is 16.0. The molecule has 0 aromatic heterocycles. The van der Waals surface area contributed by atoms with Crippen LogP contribution in [0, 0.1) is 0 Å². The van der Waals surface area contributed by atoms with E-state index in [0.29, 0.717) is 11.5 Å². The van der Waals surface area contributed by atoms with Gasteiger partial charge in [0.15, 0.2) is 0 Å². The summed E-state index contributed by atoms with van der Waals surface area (Å²) in [5.41, 5.74) is 0.464. The number of ether oxygens (including phenoxy) is 2. The SMILES string of the molecule is CCC(C)(C(O)c1cc(OC)cc(OC)c1)N(C)C. The molecule has 1 N–H and O–H groups in total. The molecule has 0 aliphatic heterocycles. The zero-order valence-corrected chi connectivity index (χ0v) is 12.7. The molecule has 0 heterocycles. The number of aliphatic hydroxyl groups is 1. The van der Waals surface area contributed by atoms with Gasteiger partial charge in [0.05, 0.1) is 20.3 Å². The van der Waals surface area contributed by atoms with E-state index in [9.17, 15) is 5.11 Å². The first-order chi connectivity index (χ1) is 8.88. The maximum Gasteiger partial charge on any atom is 0.122 e. The van der Waals surface area contributed by atoms with E-state index in [2.05, 4.69) is 6.92 Å². The molecule has 0 amide bonds. The van der Waals surface area contributed by atoms with E-state index in [-0.39, 0.29) is 5.54 Å². The van der Waals surface area contributed by atoms with Crippen LogP contribution in [0.1, 0.15) is 31.9 Å². The van der Waals surface area contributed by atoms with Crippen molar-refractivity contribution < 1.29 is 14.6 Å². The van der Waals surface area contributed by atoms with Crippen molar-refractivity contribution in [3.05, 3.63) is 23.8 Å². The fourth-order valence-electron chi connectivity index (χ4n) is 2.10. The molecule has 2 unspecified atom stereocenters. The first kappa shape index (κ1) is 15.8. The zero-order valence-electron chi connectivity index (χ0n) is 12.7. The van der Waals surface area contributed by atoms with Crippen LogP contribution in [0.2, 0.25) is 0 Å². The highest BCUT2D eigenvalue weighted by Gasteiger charge is 2.35. The molecule has 0 spiro atoms. The molecule has 0 fully saturated rings. The third-order valence-corrected chi connectivity index (χ3v) is 4.02. The summed E-state index contributed by atoms with van der Waals surface area (Å²) in [7, 11) is 7.17. The van der Waals surface area contributed by atoms with Gasteiger partial charge in [-0.3, -0.25) is 0 Å². The Hall–Kier alpha value is -1.26. The Balaban J connectivity index is 3.20. The third kappa shape index (κ3) is 3.19. The molecule has 0 aliphatic rings. The molecule has 1 aromatic rings. The lowest BCUT2D eigenvalue weighted by Crippen LogP contribution is -2.46. The van der Waals surface area contributed by atoms with Gasteiger partial charge in [-0.1, -0.05) is 6.92 Å². The Labute approximate surface area is 115 Å². The minimum absolute atomic E-state index is 0.336. The number of aliphatic hydroxyl groups excluding tert-OH is 1. The van der Waals surface area contributed by atoms with Crippen LogP contribution in [-0.4, -0.2) is 43.9 Å². The van der Waals surface area contributed by atoms with Gasteiger partial charge in [0.1, 0.15) is 11.5 Å². The topological polar surface area (TPSA) is 41.9 Å². The third-order valence-electron chi connectivity index (χ3n) is 4.02. The van der Waals surface area contributed by atoms with Gasteiger partial charge in [-0.05, 0) is 45.1 Å². The number of rotatable bonds is 6. The highest BCUT2D eigenvalue weighted by atomic mass is 16.5. The van der Waals surface area contributed by atoms with Crippen LogP contribution in [0.3, 0.4) is 0 Å². The summed E-state index contributed by atoms with van der Waals surface area (Å²) in [6.07, 6.45) is 0.220. The molecule has 0 saturated carbocycles. The maximum atomic E-state index is 10.7. The smallest absolute Gasteiger partial charge is 0.122 e. The lowest BCUT2D eigenvalue weighted by atomic mass is 9.85. The van der Waals surface area contributed by atoms with Crippen LogP contribution in [0.4, 0.5) is 0 Å². The molecule has 19 heavy (non-hydrogen) atoms. The molecule has 2 atom stereocenters.